The fraction of sp³-hybridized carbons (Fsp3) is 0.583. The van der Waals surface area contributed by atoms with Crippen LogP contribution in [0.25, 0.3) is 0 Å². The van der Waals surface area contributed by atoms with Gasteiger partial charge in [0.2, 0.25) is 0 Å². The lowest BCUT2D eigenvalue weighted by atomic mass is 10.2. The van der Waals surface area contributed by atoms with E-state index in [1.807, 2.05) is 18.2 Å². The number of hydrogen-bond donors (Lipinski definition) is 1. The van der Waals surface area contributed by atoms with Crippen LogP contribution in [0.4, 0.5) is 0 Å². The summed E-state index contributed by atoms with van der Waals surface area (Å²) in [7, 11) is 0. The molecule has 0 aromatic rings. The van der Waals surface area contributed by atoms with Gasteiger partial charge in [-0.1, -0.05) is 31.9 Å². The molecular weight excluding hydrogens is 160 g/mol. The van der Waals surface area contributed by atoms with Gasteiger partial charge >= 0.3 is 0 Å². The van der Waals surface area contributed by atoms with E-state index in [4.69, 9.17) is 5.11 Å². The van der Waals surface area contributed by atoms with Gasteiger partial charge in [-0.05, 0) is 31.4 Å². The number of allylic oxidation sites excluding steroid dienone is 2. The summed E-state index contributed by atoms with van der Waals surface area (Å²) in [4.78, 5) is 0. The summed E-state index contributed by atoms with van der Waals surface area (Å²) >= 11 is 0. The summed E-state index contributed by atoms with van der Waals surface area (Å²) in [6.07, 6.45) is 13.6. The van der Waals surface area contributed by atoms with Crippen molar-refractivity contribution in [1.82, 2.24) is 0 Å². The molecule has 0 rings (SSSR count). The molecule has 0 aromatic heterocycles. The van der Waals surface area contributed by atoms with Crippen LogP contribution in [0.3, 0.4) is 0 Å². The highest BCUT2D eigenvalue weighted by molar-refractivity contribution is 5.02. The standard InChI is InChI=1S/C12H20O/c1-2-3-4-5-6-7-8-9-10-11-12-13/h6-8,10,13H,2-5,11-12H2,1H3/b7-6+. The predicted octanol–water partition coefficient (Wildman–Crippen LogP) is 3.22. The van der Waals surface area contributed by atoms with Gasteiger partial charge in [0, 0.05) is 6.61 Å². The molecule has 0 spiro atoms. The summed E-state index contributed by atoms with van der Waals surface area (Å²) in [6.45, 7) is 2.42. The third-order valence-corrected chi connectivity index (χ3v) is 1.69. The molecule has 0 saturated carbocycles. The highest BCUT2D eigenvalue weighted by Crippen LogP contribution is 1.99. The molecule has 0 heterocycles. The van der Waals surface area contributed by atoms with Crippen molar-refractivity contribution in [3.05, 3.63) is 30.0 Å². The Morgan fingerprint density at radius 1 is 1.23 bits per heavy atom. The number of aliphatic hydroxyl groups is 1. The van der Waals surface area contributed by atoms with Gasteiger partial charge in [-0.25, -0.2) is 0 Å². The highest BCUT2D eigenvalue weighted by Gasteiger charge is 1.79. The molecule has 13 heavy (non-hydrogen) atoms. The minimum atomic E-state index is 0.209. The molecule has 0 radical (unpaired) electrons. The number of aliphatic hydroxyl groups excluding tert-OH is 1. The van der Waals surface area contributed by atoms with Gasteiger partial charge in [0.1, 0.15) is 0 Å². The van der Waals surface area contributed by atoms with Crippen molar-refractivity contribution in [2.75, 3.05) is 6.61 Å². The lowest BCUT2D eigenvalue weighted by Gasteiger charge is -1.89. The molecule has 0 aromatic carbocycles. The zero-order valence-corrected chi connectivity index (χ0v) is 8.50. The lowest BCUT2D eigenvalue weighted by molar-refractivity contribution is 0.302. The molecule has 0 aliphatic rings. The van der Waals surface area contributed by atoms with Crippen LogP contribution in [0.5, 0.6) is 0 Å². The van der Waals surface area contributed by atoms with E-state index in [1.54, 1.807) is 0 Å². The second-order valence-electron chi connectivity index (χ2n) is 2.97. The van der Waals surface area contributed by atoms with E-state index in [1.165, 1.54) is 19.3 Å². The minimum absolute atomic E-state index is 0.209. The predicted molar refractivity (Wildman–Crippen MR) is 57.6 cm³/mol. The van der Waals surface area contributed by atoms with Gasteiger partial charge < -0.3 is 5.11 Å². The maximum atomic E-state index is 8.46. The van der Waals surface area contributed by atoms with Crippen molar-refractivity contribution >= 4 is 0 Å². The first kappa shape index (κ1) is 12.2. The summed E-state index contributed by atoms with van der Waals surface area (Å²) in [5, 5.41) is 8.46. The summed E-state index contributed by atoms with van der Waals surface area (Å²) < 4.78 is 0. The molecule has 0 fully saturated rings. The minimum Gasteiger partial charge on any atom is -0.396 e. The Kier molecular flexibility index (Phi) is 10.5. The van der Waals surface area contributed by atoms with Crippen LogP contribution in [0.2, 0.25) is 0 Å². The molecule has 74 valence electrons. The summed E-state index contributed by atoms with van der Waals surface area (Å²) in [5.41, 5.74) is 2.98. The largest absolute Gasteiger partial charge is 0.396 e. The zero-order chi connectivity index (χ0) is 9.78. The van der Waals surface area contributed by atoms with Crippen LogP contribution in [0, 0.1) is 0 Å². The van der Waals surface area contributed by atoms with E-state index in [9.17, 15) is 0 Å². The van der Waals surface area contributed by atoms with E-state index in [-0.39, 0.29) is 6.61 Å². The Balaban J connectivity index is 3.34. The monoisotopic (exact) mass is 180 g/mol. The molecule has 0 amide bonds. The molecule has 0 unspecified atom stereocenters. The van der Waals surface area contributed by atoms with E-state index >= 15 is 0 Å². The molecule has 0 bridgehead atoms. The fourth-order valence-electron chi connectivity index (χ4n) is 0.948. The fourth-order valence-corrected chi connectivity index (χ4v) is 0.948. The SMILES string of the molecule is CCCCC/C=C/C=C=CCCO. The average molecular weight is 180 g/mol. The molecule has 1 nitrogen and oxygen atoms in total. The second-order valence-corrected chi connectivity index (χ2v) is 2.97. The van der Waals surface area contributed by atoms with Crippen molar-refractivity contribution in [2.24, 2.45) is 0 Å². The first-order valence-corrected chi connectivity index (χ1v) is 5.08. The Morgan fingerprint density at radius 3 is 2.77 bits per heavy atom. The van der Waals surface area contributed by atoms with Crippen LogP contribution in [-0.2, 0) is 0 Å². The lowest BCUT2D eigenvalue weighted by Crippen LogP contribution is -1.72. The number of rotatable bonds is 7. The van der Waals surface area contributed by atoms with Crippen molar-refractivity contribution in [1.29, 1.82) is 0 Å². The van der Waals surface area contributed by atoms with Crippen LogP contribution < -0.4 is 0 Å². The van der Waals surface area contributed by atoms with Gasteiger partial charge in [0.05, 0.1) is 0 Å². The maximum Gasteiger partial charge on any atom is 0.0471 e. The van der Waals surface area contributed by atoms with Crippen LogP contribution in [0.1, 0.15) is 39.0 Å². The van der Waals surface area contributed by atoms with E-state index in [0.29, 0.717) is 6.42 Å². The summed E-state index contributed by atoms with van der Waals surface area (Å²) in [6, 6.07) is 0. The van der Waals surface area contributed by atoms with Crippen molar-refractivity contribution in [2.45, 2.75) is 39.0 Å². The third-order valence-electron chi connectivity index (χ3n) is 1.69. The molecular formula is C12H20O. The third kappa shape index (κ3) is 11.2. The van der Waals surface area contributed by atoms with Gasteiger partial charge in [-0.3, -0.25) is 0 Å². The summed E-state index contributed by atoms with van der Waals surface area (Å²) in [5.74, 6) is 0. The highest BCUT2D eigenvalue weighted by atomic mass is 16.2. The van der Waals surface area contributed by atoms with Gasteiger partial charge in [0.15, 0.2) is 0 Å². The first-order valence-electron chi connectivity index (χ1n) is 5.08. The molecule has 1 heteroatoms. The molecule has 0 atom stereocenters. The van der Waals surface area contributed by atoms with E-state index < -0.39 is 0 Å². The average Bonchev–Trinajstić information content (AvgIpc) is 2.16. The number of hydrogen-bond acceptors (Lipinski definition) is 1. The first-order chi connectivity index (χ1) is 6.41. The molecule has 0 aliphatic heterocycles. The number of unbranched alkanes of at least 4 members (excludes halogenated alkanes) is 3. The van der Waals surface area contributed by atoms with Crippen LogP contribution >= 0.6 is 0 Å². The second kappa shape index (κ2) is 11.2. The van der Waals surface area contributed by atoms with Crippen molar-refractivity contribution in [3.63, 3.8) is 0 Å². The zero-order valence-electron chi connectivity index (χ0n) is 8.50. The van der Waals surface area contributed by atoms with Crippen molar-refractivity contribution < 1.29 is 5.11 Å². The Bertz CT molecular complexity index is 174. The Hall–Kier alpha value is -0.780. The van der Waals surface area contributed by atoms with Crippen molar-refractivity contribution in [3.8, 4) is 0 Å². The quantitative estimate of drug-likeness (QED) is 0.362. The smallest absolute Gasteiger partial charge is 0.0471 e. The molecule has 0 aliphatic carbocycles. The Labute approximate surface area is 81.5 Å². The van der Waals surface area contributed by atoms with Crippen LogP contribution in [0.15, 0.2) is 30.0 Å². The molecule has 1 N–H and O–H groups in total. The Morgan fingerprint density at radius 2 is 2.08 bits per heavy atom. The van der Waals surface area contributed by atoms with E-state index in [2.05, 4.69) is 18.7 Å². The van der Waals surface area contributed by atoms with E-state index in [0.717, 1.165) is 6.42 Å². The maximum absolute atomic E-state index is 8.46. The topological polar surface area (TPSA) is 20.2 Å². The van der Waals surface area contributed by atoms with Gasteiger partial charge in [-0.2, -0.15) is 0 Å². The van der Waals surface area contributed by atoms with Crippen LogP contribution in [-0.4, -0.2) is 11.7 Å². The molecule has 0 saturated heterocycles. The van der Waals surface area contributed by atoms with Gasteiger partial charge in [0.25, 0.3) is 0 Å². The van der Waals surface area contributed by atoms with Gasteiger partial charge in [-0.15, -0.1) is 5.73 Å². The normalized spacial score (nSPS) is 10.0.